The Labute approximate surface area is 200 Å². The number of carbonyl (C=O) groups is 2. The summed E-state index contributed by atoms with van der Waals surface area (Å²) in [4.78, 5) is 31.4. The van der Waals surface area contributed by atoms with E-state index in [1.54, 1.807) is 28.4 Å². The number of fused-ring (bicyclic) bond motifs is 1. The summed E-state index contributed by atoms with van der Waals surface area (Å²) in [6.45, 7) is 9.81. The van der Waals surface area contributed by atoms with E-state index in [0.717, 1.165) is 18.4 Å². The summed E-state index contributed by atoms with van der Waals surface area (Å²) in [5.41, 5.74) is 3.64. The van der Waals surface area contributed by atoms with Gasteiger partial charge in [-0.25, -0.2) is 0 Å². The van der Waals surface area contributed by atoms with Gasteiger partial charge >= 0.3 is 0 Å². The minimum Gasteiger partial charge on any atom is -0.459 e. The van der Waals surface area contributed by atoms with Crippen LogP contribution in [0.15, 0.2) is 58.5 Å². The van der Waals surface area contributed by atoms with Crippen molar-refractivity contribution >= 4 is 23.2 Å². The highest BCUT2D eigenvalue weighted by Gasteiger charge is 2.34. The lowest BCUT2D eigenvalue weighted by atomic mass is 9.85. The molecule has 0 radical (unpaired) electrons. The van der Waals surface area contributed by atoms with Gasteiger partial charge in [0.2, 0.25) is 5.91 Å². The second kappa shape index (κ2) is 9.56. The predicted molar refractivity (Wildman–Crippen MR) is 132 cm³/mol. The predicted octanol–water partition coefficient (Wildman–Crippen LogP) is 5.67. The summed E-state index contributed by atoms with van der Waals surface area (Å²) in [6.07, 6.45) is 3.10. The lowest BCUT2D eigenvalue weighted by Gasteiger charge is -2.37. The van der Waals surface area contributed by atoms with Crippen molar-refractivity contribution < 1.29 is 14.0 Å². The van der Waals surface area contributed by atoms with Gasteiger partial charge in [0.25, 0.3) is 5.91 Å². The van der Waals surface area contributed by atoms with E-state index in [2.05, 4.69) is 56.5 Å². The summed E-state index contributed by atoms with van der Waals surface area (Å²) in [6, 6.07) is 14.0. The zero-order valence-corrected chi connectivity index (χ0v) is 20.7. The second-order valence-electron chi connectivity index (χ2n) is 9.61. The maximum absolute atomic E-state index is 13.6. The Balaban J connectivity index is 1.62. The van der Waals surface area contributed by atoms with Crippen molar-refractivity contribution in [3.05, 3.63) is 81.4 Å². The molecule has 1 aliphatic rings. The van der Waals surface area contributed by atoms with E-state index < -0.39 is 0 Å². The minimum atomic E-state index is -0.241. The van der Waals surface area contributed by atoms with Crippen LogP contribution in [0.5, 0.6) is 0 Å². The molecule has 174 valence electrons. The van der Waals surface area contributed by atoms with Crippen LogP contribution in [0.3, 0.4) is 0 Å². The van der Waals surface area contributed by atoms with Crippen molar-refractivity contribution in [1.82, 2.24) is 9.80 Å². The number of furan rings is 1. The molecule has 0 fully saturated rings. The lowest BCUT2D eigenvalue weighted by molar-refractivity contribution is -0.134. The Kier molecular flexibility index (Phi) is 6.75. The Bertz CT molecular complexity index is 1090. The molecule has 0 bridgehead atoms. The highest BCUT2D eigenvalue weighted by molar-refractivity contribution is 7.10. The van der Waals surface area contributed by atoms with Crippen LogP contribution in [0.1, 0.15) is 72.3 Å². The van der Waals surface area contributed by atoms with Crippen LogP contribution >= 0.6 is 11.3 Å². The van der Waals surface area contributed by atoms with Crippen molar-refractivity contribution in [3.63, 3.8) is 0 Å². The average molecular weight is 465 g/mol. The first kappa shape index (κ1) is 23.3. The van der Waals surface area contributed by atoms with Crippen molar-refractivity contribution in [2.75, 3.05) is 19.6 Å². The van der Waals surface area contributed by atoms with Crippen LogP contribution in [0.4, 0.5) is 0 Å². The van der Waals surface area contributed by atoms with Crippen LogP contribution in [0, 0.1) is 0 Å². The third-order valence-electron chi connectivity index (χ3n) is 6.22. The van der Waals surface area contributed by atoms with E-state index >= 15 is 0 Å². The number of rotatable bonds is 6. The fourth-order valence-corrected chi connectivity index (χ4v) is 5.35. The number of amides is 2. The molecule has 2 amide bonds. The van der Waals surface area contributed by atoms with Crippen molar-refractivity contribution in [2.45, 2.75) is 52.0 Å². The molecule has 1 unspecified atom stereocenters. The zero-order chi connectivity index (χ0) is 23.6. The standard InChI is InChI=1S/C27H32N2O3S/c1-5-14-28(26(31)22-7-6-16-32-22)18-24(30)29-15-12-23-21(13-17-33-23)25(29)19-8-10-20(11-9-19)27(2,3)4/h6-11,13,16-17,25H,5,12,14-15,18H2,1-4H3. The number of benzene rings is 1. The minimum absolute atomic E-state index is 0.0369. The number of hydrogen-bond acceptors (Lipinski definition) is 4. The van der Waals surface area contributed by atoms with Crippen LogP contribution in [0.25, 0.3) is 0 Å². The molecule has 0 N–H and O–H groups in total. The zero-order valence-electron chi connectivity index (χ0n) is 19.8. The molecular formula is C27H32N2O3S. The Morgan fingerprint density at radius 1 is 1.15 bits per heavy atom. The smallest absolute Gasteiger partial charge is 0.290 e. The summed E-state index contributed by atoms with van der Waals surface area (Å²) in [7, 11) is 0. The molecule has 0 saturated carbocycles. The van der Waals surface area contributed by atoms with Crippen LogP contribution < -0.4 is 0 Å². The third kappa shape index (κ3) is 4.91. The van der Waals surface area contributed by atoms with Crippen LogP contribution in [-0.2, 0) is 16.6 Å². The topological polar surface area (TPSA) is 53.8 Å². The molecular weight excluding hydrogens is 432 g/mol. The van der Waals surface area contributed by atoms with Gasteiger partial charge in [0.1, 0.15) is 6.54 Å². The molecule has 0 spiro atoms. The SMILES string of the molecule is CCCN(CC(=O)N1CCc2sccc2C1c1ccc(C(C)(C)C)cc1)C(=O)c1ccco1. The molecule has 6 heteroatoms. The highest BCUT2D eigenvalue weighted by atomic mass is 32.1. The maximum Gasteiger partial charge on any atom is 0.290 e. The van der Waals surface area contributed by atoms with Gasteiger partial charge in [-0.15, -0.1) is 11.3 Å². The average Bonchev–Trinajstić information content (AvgIpc) is 3.49. The molecule has 1 aromatic carbocycles. The molecule has 5 nitrogen and oxygen atoms in total. The van der Waals surface area contributed by atoms with Gasteiger partial charge in [0.15, 0.2) is 5.76 Å². The van der Waals surface area contributed by atoms with E-state index in [-0.39, 0.29) is 35.6 Å². The molecule has 3 heterocycles. The first-order valence-electron chi connectivity index (χ1n) is 11.6. The molecule has 1 atom stereocenters. The van der Waals surface area contributed by atoms with Gasteiger partial charge in [-0.05, 0) is 58.5 Å². The molecule has 3 aromatic rings. The number of hydrogen-bond donors (Lipinski definition) is 0. The molecule has 0 saturated heterocycles. The summed E-state index contributed by atoms with van der Waals surface area (Å²) >= 11 is 1.76. The van der Waals surface area contributed by atoms with Crippen LogP contribution in [0.2, 0.25) is 0 Å². The Hall–Kier alpha value is -2.86. The van der Waals surface area contributed by atoms with Gasteiger partial charge in [-0.3, -0.25) is 9.59 Å². The summed E-state index contributed by atoms with van der Waals surface area (Å²) < 4.78 is 5.30. The van der Waals surface area contributed by atoms with Gasteiger partial charge in [-0.1, -0.05) is 52.0 Å². The van der Waals surface area contributed by atoms with Crippen molar-refractivity contribution in [1.29, 1.82) is 0 Å². The van der Waals surface area contributed by atoms with Crippen LogP contribution in [-0.4, -0.2) is 41.2 Å². The van der Waals surface area contributed by atoms with Gasteiger partial charge in [0.05, 0.1) is 12.3 Å². The number of thiophene rings is 1. The van der Waals surface area contributed by atoms with E-state index in [1.807, 2.05) is 11.8 Å². The third-order valence-corrected chi connectivity index (χ3v) is 7.21. The first-order chi connectivity index (χ1) is 15.8. The quantitative estimate of drug-likeness (QED) is 0.473. The highest BCUT2D eigenvalue weighted by Crippen LogP contribution is 2.38. The van der Waals surface area contributed by atoms with E-state index in [4.69, 9.17) is 4.42 Å². The van der Waals surface area contributed by atoms with E-state index in [1.165, 1.54) is 22.3 Å². The number of carbonyl (C=O) groups excluding carboxylic acids is 2. The monoisotopic (exact) mass is 464 g/mol. The fourth-order valence-electron chi connectivity index (χ4n) is 4.44. The van der Waals surface area contributed by atoms with Crippen molar-refractivity contribution in [3.8, 4) is 0 Å². The van der Waals surface area contributed by atoms with Gasteiger partial charge in [0, 0.05) is 18.0 Å². The lowest BCUT2D eigenvalue weighted by Crippen LogP contribution is -2.47. The fraction of sp³-hybridized carbons (Fsp3) is 0.407. The second-order valence-corrected chi connectivity index (χ2v) is 10.6. The molecule has 1 aliphatic heterocycles. The molecule has 4 rings (SSSR count). The normalized spacial score (nSPS) is 15.9. The van der Waals surface area contributed by atoms with Gasteiger partial charge in [-0.2, -0.15) is 0 Å². The Morgan fingerprint density at radius 3 is 2.55 bits per heavy atom. The first-order valence-corrected chi connectivity index (χ1v) is 12.5. The molecule has 2 aromatic heterocycles. The largest absolute Gasteiger partial charge is 0.459 e. The van der Waals surface area contributed by atoms with Gasteiger partial charge < -0.3 is 14.2 Å². The molecule has 0 aliphatic carbocycles. The molecule has 33 heavy (non-hydrogen) atoms. The van der Waals surface area contributed by atoms with E-state index in [9.17, 15) is 9.59 Å². The Morgan fingerprint density at radius 2 is 1.91 bits per heavy atom. The summed E-state index contributed by atoms with van der Waals surface area (Å²) in [5, 5.41) is 2.11. The maximum atomic E-state index is 13.6. The number of nitrogens with zero attached hydrogens (tertiary/aromatic N) is 2. The van der Waals surface area contributed by atoms with Crippen molar-refractivity contribution in [2.24, 2.45) is 0 Å². The van der Waals surface area contributed by atoms with E-state index in [0.29, 0.717) is 13.1 Å². The summed E-state index contributed by atoms with van der Waals surface area (Å²) in [5.74, 6) is -0.0102.